The number of hydrogen-bond donors (Lipinski definition) is 2. The first-order valence-corrected chi connectivity index (χ1v) is 13.2. The standard InChI is InChI=1S/C28H33N3O2S/c1-4-10-24(27-25(32)16-19(17-26(27)33)15-18(3)34-5-2)30-31-28-22-13-7-6-11-20(22)21-12-8-9-14-23(21)29-28/h6-9,11-14,18-19,32H,4-5,10,15-17H2,1-3H3,(H,29,31)/b30-24-. The maximum absolute atomic E-state index is 13.1. The minimum absolute atomic E-state index is 0.00669. The van der Waals surface area contributed by atoms with Crippen molar-refractivity contribution in [1.82, 2.24) is 4.98 Å². The van der Waals surface area contributed by atoms with E-state index >= 15 is 0 Å². The van der Waals surface area contributed by atoms with Crippen molar-refractivity contribution < 1.29 is 9.90 Å². The fourth-order valence-electron chi connectivity index (χ4n) is 4.87. The van der Waals surface area contributed by atoms with Crippen LogP contribution in [0.5, 0.6) is 0 Å². The van der Waals surface area contributed by atoms with Crippen LogP contribution in [0.25, 0.3) is 21.7 Å². The van der Waals surface area contributed by atoms with E-state index in [9.17, 15) is 9.90 Å². The summed E-state index contributed by atoms with van der Waals surface area (Å²) in [6, 6.07) is 16.1. The first-order chi connectivity index (χ1) is 16.5. The number of pyridine rings is 1. The van der Waals surface area contributed by atoms with Gasteiger partial charge in [0.25, 0.3) is 0 Å². The number of aromatic nitrogens is 1. The molecule has 6 heteroatoms. The van der Waals surface area contributed by atoms with Crippen molar-refractivity contribution >= 4 is 50.8 Å². The monoisotopic (exact) mass is 475 g/mol. The van der Waals surface area contributed by atoms with Gasteiger partial charge in [-0.15, -0.1) is 0 Å². The maximum Gasteiger partial charge on any atom is 0.168 e. The quantitative estimate of drug-likeness (QED) is 0.193. The number of carbonyl (C=O) groups excluding carboxylic acids is 1. The summed E-state index contributed by atoms with van der Waals surface area (Å²) in [6.07, 6.45) is 3.37. The molecular weight excluding hydrogens is 442 g/mol. The molecule has 34 heavy (non-hydrogen) atoms. The molecule has 0 fully saturated rings. The summed E-state index contributed by atoms with van der Waals surface area (Å²) in [6.45, 7) is 6.40. The van der Waals surface area contributed by atoms with Crippen LogP contribution in [-0.4, -0.2) is 32.6 Å². The molecule has 0 bridgehead atoms. The molecule has 1 heterocycles. The van der Waals surface area contributed by atoms with Crippen LogP contribution in [0, 0.1) is 5.92 Å². The van der Waals surface area contributed by atoms with Crippen molar-refractivity contribution in [3.8, 4) is 0 Å². The summed E-state index contributed by atoms with van der Waals surface area (Å²) in [5.41, 5.74) is 5.03. The molecule has 2 N–H and O–H groups in total. The smallest absolute Gasteiger partial charge is 0.168 e. The highest BCUT2D eigenvalue weighted by atomic mass is 32.2. The lowest BCUT2D eigenvalue weighted by Gasteiger charge is -2.26. The van der Waals surface area contributed by atoms with Gasteiger partial charge in [0, 0.05) is 28.9 Å². The molecule has 3 aromatic rings. The first-order valence-electron chi connectivity index (χ1n) is 12.2. The first kappa shape index (κ1) is 24.3. The number of carbonyl (C=O) groups is 1. The number of anilines is 1. The number of benzene rings is 2. The van der Waals surface area contributed by atoms with E-state index in [2.05, 4.69) is 43.4 Å². The zero-order valence-electron chi connectivity index (χ0n) is 20.2. The highest BCUT2D eigenvalue weighted by Crippen LogP contribution is 2.33. The number of rotatable bonds is 9. The third kappa shape index (κ3) is 5.27. The van der Waals surface area contributed by atoms with Crippen molar-refractivity contribution in [1.29, 1.82) is 0 Å². The van der Waals surface area contributed by atoms with E-state index in [4.69, 9.17) is 4.98 Å². The van der Waals surface area contributed by atoms with E-state index in [0.29, 0.717) is 41.6 Å². The van der Waals surface area contributed by atoms with E-state index in [1.54, 1.807) is 0 Å². The van der Waals surface area contributed by atoms with Crippen LogP contribution < -0.4 is 5.43 Å². The van der Waals surface area contributed by atoms with E-state index in [-0.39, 0.29) is 17.5 Å². The van der Waals surface area contributed by atoms with Crippen LogP contribution in [0.1, 0.15) is 52.9 Å². The molecule has 2 atom stereocenters. The van der Waals surface area contributed by atoms with E-state index in [0.717, 1.165) is 40.3 Å². The largest absolute Gasteiger partial charge is 0.511 e. The number of hydrogen-bond acceptors (Lipinski definition) is 6. The Balaban J connectivity index is 1.65. The molecule has 2 aromatic carbocycles. The summed E-state index contributed by atoms with van der Waals surface area (Å²) in [7, 11) is 0. The molecule has 0 spiro atoms. The highest BCUT2D eigenvalue weighted by Gasteiger charge is 2.31. The van der Waals surface area contributed by atoms with Gasteiger partial charge in [-0.2, -0.15) is 16.9 Å². The molecule has 4 rings (SSSR count). The number of allylic oxidation sites excluding steroid dienone is 2. The Bertz CT molecular complexity index is 1250. The number of ketones is 1. The average Bonchev–Trinajstić information content (AvgIpc) is 2.82. The van der Waals surface area contributed by atoms with Gasteiger partial charge >= 0.3 is 0 Å². The van der Waals surface area contributed by atoms with Crippen LogP contribution in [-0.2, 0) is 4.79 Å². The van der Waals surface area contributed by atoms with Crippen LogP contribution in [0.3, 0.4) is 0 Å². The Labute approximate surface area is 205 Å². The normalized spacial score (nSPS) is 18.0. The number of fused-ring (bicyclic) bond motifs is 3. The molecule has 2 unspecified atom stereocenters. The SMILES string of the molecule is CCC/C(=N/Nc1nc2ccccc2c2ccccc12)C1=C(O)CC(CC(C)SCC)CC1=O. The Hall–Kier alpha value is -2.86. The average molecular weight is 476 g/mol. The Morgan fingerprint density at radius 2 is 1.82 bits per heavy atom. The van der Waals surface area contributed by atoms with Gasteiger partial charge in [0.15, 0.2) is 11.6 Å². The molecular formula is C28H33N3O2S. The van der Waals surface area contributed by atoms with Gasteiger partial charge in [-0.05, 0) is 36.0 Å². The summed E-state index contributed by atoms with van der Waals surface area (Å²) in [5, 5.41) is 19.2. The summed E-state index contributed by atoms with van der Waals surface area (Å²) >= 11 is 1.90. The second-order valence-electron chi connectivity index (χ2n) is 8.96. The van der Waals surface area contributed by atoms with Gasteiger partial charge in [0.2, 0.25) is 0 Å². The molecule has 0 saturated heterocycles. The third-order valence-electron chi connectivity index (χ3n) is 6.32. The zero-order valence-corrected chi connectivity index (χ0v) is 21.0. The number of nitrogens with zero attached hydrogens (tertiary/aromatic N) is 2. The van der Waals surface area contributed by atoms with Gasteiger partial charge in [-0.25, -0.2) is 4.98 Å². The van der Waals surface area contributed by atoms with Crippen molar-refractivity contribution in [3.63, 3.8) is 0 Å². The lowest BCUT2D eigenvalue weighted by molar-refractivity contribution is -0.116. The predicted molar refractivity (Wildman–Crippen MR) is 145 cm³/mol. The molecule has 178 valence electrons. The van der Waals surface area contributed by atoms with Crippen molar-refractivity contribution in [2.45, 2.75) is 58.1 Å². The minimum Gasteiger partial charge on any atom is -0.511 e. The number of aliphatic hydroxyl groups excluding tert-OH is 1. The summed E-state index contributed by atoms with van der Waals surface area (Å²) < 4.78 is 0. The molecule has 1 aromatic heterocycles. The van der Waals surface area contributed by atoms with E-state index in [1.165, 1.54) is 0 Å². The van der Waals surface area contributed by atoms with E-state index in [1.807, 2.05) is 48.2 Å². The zero-order chi connectivity index (χ0) is 24.1. The van der Waals surface area contributed by atoms with Crippen molar-refractivity contribution in [2.75, 3.05) is 11.2 Å². The van der Waals surface area contributed by atoms with Crippen molar-refractivity contribution in [2.24, 2.45) is 11.0 Å². The van der Waals surface area contributed by atoms with Crippen LogP contribution in [0.15, 0.2) is 65.0 Å². The minimum atomic E-state index is -0.00669. The summed E-state index contributed by atoms with van der Waals surface area (Å²) in [4.78, 5) is 17.9. The number of Topliss-reactive ketones (excluding diaryl/α,β-unsaturated/α-hetero) is 1. The molecule has 1 aliphatic carbocycles. The molecule has 0 radical (unpaired) electrons. The lowest BCUT2D eigenvalue weighted by Crippen LogP contribution is -2.26. The highest BCUT2D eigenvalue weighted by molar-refractivity contribution is 7.99. The lowest BCUT2D eigenvalue weighted by atomic mass is 9.82. The predicted octanol–water partition coefficient (Wildman–Crippen LogP) is 7.28. The third-order valence-corrected chi connectivity index (χ3v) is 7.42. The number of para-hydroxylation sites is 1. The van der Waals surface area contributed by atoms with E-state index < -0.39 is 0 Å². The fourth-order valence-corrected chi connectivity index (χ4v) is 5.85. The van der Waals surface area contributed by atoms with Gasteiger partial charge in [0.05, 0.1) is 16.8 Å². The van der Waals surface area contributed by atoms with Gasteiger partial charge in [-0.3, -0.25) is 10.2 Å². The number of thioether (sulfide) groups is 1. The molecule has 0 amide bonds. The molecule has 0 saturated carbocycles. The number of hydrazone groups is 1. The molecule has 1 aliphatic rings. The summed E-state index contributed by atoms with van der Waals surface area (Å²) in [5.74, 6) is 2.07. The fraction of sp³-hybridized carbons (Fsp3) is 0.393. The topological polar surface area (TPSA) is 74.6 Å². The van der Waals surface area contributed by atoms with Gasteiger partial charge in [0.1, 0.15) is 5.76 Å². The van der Waals surface area contributed by atoms with Gasteiger partial charge in [-0.1, -0.05) is 69.7 Å². The Morgan fingerprint density at radius 3 is 2.53 bits per heavy atom. The maximum atomic E-state index is 13.1. The van der Waals surface area contributed by atoms with Crippen LogP contribution >= 0.6 is 11.8 Å². The number of aliphatic hydroxyl groups is 1. The molecule has 5 nitrogen and oxygen atoms in total. The van der Waals surface area contributed by atoms with Crippen LogP contribution in [0.2, 0.25) is 0 Å². The second-order valence-corrected chi connectivity index (χ2v) is 10.7. The molecule has 0 aliphatic heterocycles. The van der Waals surface area contributed by atoms with Crippen LogP contribution in [0.4, 0.5) is 5.82 Å². The Kier molecular flexibility index (Phi) is 7.88. The second kappa shape index (κ2) is 11.0. The number of nitrogens with one attached hydrogen (secondary N) is 1. The van der Waals surface area contributed by atoms with Gasteiger partial charge < -0.3 is 5.11 Å². The Morgan fingerprint density at radius 1 is 1.12 bits per heavy atom. The van der Waals surface area contributed by atoms with Crippen molar-refractivity contribution in [3.05, 3.63) is 59.9 Å².